The molecule has 1 amide bonds. The predicted molar refractivity (Wildman–Crippen MR) is 72.6 cm³/mol. The Hall–Kier alpha value is -1.56. The second-order valence-electron chi connectivity index (χ2n) is 4.64. The van der Waals surface area contributed by atoms with Crippen molar-refractivity contribution in [2.75, 3.05) is 6.54 Å². The van der Waals surface area contributed by atoms with E-state index in [2.05, 4.69) is 21.0 Å². The van der Waals surface area contributed by atoms with Gasteiger partial charge in [0.15, 0.2) is 0 Å². The van der Waals surface area contributed by atoms with Crippen molar-refractivity contribution >= 4 is 21.8 Å². The van der Waals surface area contributed by atoms with Crippen LogP contribution in [-0.4, -0.2) is 27.1 Å². The lowest BCUT2D eigenvalue weighted by molar-refractivity contribution is 0.0707. The zero-order valence-corrected chi connectivity index (χ0v) is 12.1. The molecule has 0 aliphatic carbocycles. The SMILES string of the molecule is Cn1ncc(Br)c1C(=O)N1CCCC1c1ccco1. The average molecular weight is 324 g/mol. The molecule has 6 heteroatoms. The first-order valence-electron chi connectivity index (χ1n) is 6.20. The summed E-state index contributed by atoms with van der Waals surface area (Å²) in [5.74, 6) is 0.843. The van der Waals surface area contributed by atoms with Gasteiger partial charge in [-0.2, -0.15) is 5.10 Å². The van der Waals surface area contributed by atoms with Gasteiger partial charge in [-0.1, -0.05) is 0 Å². The number of rotatable bonds is 2. The van der Waals surface area contributed by atoms with Crippen molar-refractivity contribution in [1.82, 2.24) is 14.7 Å². The molecule has 2 aromatic heterocycles. The normalized spacial score (nSPS) is 19.1. The number of halogens is 1. The maximum absolute atomic E-state index is 12.6. The summed E-state index contributed by atoms with van der Waals surface area (Å²) in [5.41, 5.74) is 0.582. The summed E-state index contributed by atoms with van der Waals surface area (Å²) in [6.45, 7) is 0.752. The van der Waals surface area contributed by atoms with Gasteiger partial charge < -0.3 is 9.32 Å². The van der Waals surface area contributed by atoms with Crippen LogP contribution in [0.2, 0.25) is 0 Å². The summed E-state index contributed by atoms with van der Waals surface area (Å²) in [7, 11) is 1.77. The third kappa shape index (κ3) is 2.10. The van der Waals surface area contributed by atoms with Crippen molar-refractivity contribution in [3.63, 3.8) is 0 Å². The number of likely N-dealkylation sites (tertiary alicyclic amines) is 1. The molecule has 1 aliphatic heterocycles. The summed E-state index contributed by atoms with van der Waals surface area (Å²) in [6.07, 6.45) is 5.23. The van der Waals surface area contributed by atoms with Gasteiger partial charge in [-0.05, 0) is 40.9 Å². The maximum Gasteiger partial charge on any atom is 0.273 e. The minimum Gasteiger partial charge on any atom is -0.467 e. The highest BCUT2D eigenvalue weighted by Gasteiger charge is 2.34. The van der Waals surface area contributed by atoms with Crippen molar-refractivity contribution in [2.24, 2.45) is 7.05 Å². The first-order chi connectivity index (χ1) is 9.18. The van der Waals surface area contributed by atoms with E-state index in [0.29, 0.717) is 5.69 Å². The fourth-order valence-corrected chi connectivity index (χ4v) is 3.09. The van der Waals surface area contributed by atoms with Crippen LogP contribution in [0.4, 0.5) is 0 Å². The van der Waals surface area contributed by atoms with Gasteiger partial charge in [0, 0.05) is 13.6 Å². The second kappa shape index (κ2) is 4.85. The quantitative estimate of drug-likeness (QED) is 0.853. The van der Waals surface area contributed by atoms with Crippen LogP contribution in [0.5, 0.6) is 0 Å². The Bertz CT molecular complexity index is 572. The molecule has 1 fully saturated rings. The van der Waals surface area contributed by atoms with Crippen LogP contribution in [-0.2, 0) is 7.05 Å². The molecule has 0 spiro atoms. The maximum atomic E-state index is 12.6. The molecule has 0 aromatic carbocycles. The van der Waals surface area contributed by atoms with Gasteiger partial charge in [0.1, 0.15) is 11.5 Å². The third-order valence-corrected chi connectivity index (χ3v) is 4.06. The minimum atomic E-state index is -0.00854. The number of hydrogen-bond donors (Lipinski definition) is 0. The second-order valence-corrected chi connectivity index (χ2v) is 5.49. The van der Waals surface area contributed by atoms with E-state index in [-0.39, 0.29) is 11.9 Å². The lowest BCUT2D eigenvalue weighted by Crippen LogP contribution is -2.32. The Morgan fingerprint density at radius 3 is 3.05 bits per heavy atom. The molecule has 100 valence electrons. The van der Waals surface area contributed by atoms with Crippen molar-refractivity contribution in [1.29, 1.82) is 0 Å². The number of furan rings is 1. The third-order valence-electron chi connectivity index (χ3n) is 3.48. The topological polar surface area (TPSA) is 51.3 Å². The molecule has 0 N–H and O–H groups in total. The van der Waals surface area contributed by atoms with E-state index in [1.54, 1.807) is 24.2 Å². The van der Waals surface area contributed by atoms with Crippen molar-refractivity contribution in [3.8, 4) is 0 Å². The molecule has 1 saturated heterocycles. The number of carbonyl (C=O) groups is 1. The highest BCUT2D eigenvalue weighted by atomic mass is 79.9. The standard InChI is InChI=1S/C13H14BrN3O2/c1-16-12(9(14)8-15-16)13(18)17-6-2-4-10(17)11-5-3-7-19-11/h3,5,7-8,10H,2,4,6H2,1H3. The van der Waals surface area contributed by atoms with Gasteiger partial charge in [-0.25, -0.2) is 0 Å². The molecule has 3 rings (SSSR count). The summed E-state index contributed by atoms with van der Waals surface area (Å²) < 4.78 is 7.78. The molecule has 1 aliphatic rings. The molecule has 5 nitrogen and oxygen atoms in total. The lowest BCUT2D eigenvalue weighted by atomic mass is 10.1. The Kier molecular flexibility index (Phi) is 3.18. The summed E-state index contributed by atoms with van der Waals surface area (Å²) in [4.78, 5) is 14.5. The fraction of sp³-hybridized carbons (Fsp3) is 0.385. The molecule has 0 bridgehead atoms. The van der Waals surface area contributed by atoms with Crippen molar-refractivity contribution in [2.45, 2.75) is 18.9 Å². The number of hydrogen-bond acceptors (Lipinski definition) is 3. The average Bonchev–Trinajstić information content (AvgIpc) is 3.08. The van der Waals surface area contributed by atoms with Crippen LogP contribution in [0.15, 0.2) is 33.5 Å². The van der Waals surface area contributed by atoms with E-state index in [9.17, 15) is 4.79 Å². The number of amides is 1. The van der Waals surface area contributed by atoms with Gasteiger partial charge in [0.05, 0.1) is 23.0 Å². The Balaban J connectivity index is 1.91. The van der Waals surface area contributed by atoms with Crippen LogP contribution < -0.4 is 0 Å². The zero-order valence-electron chi connectivity index (χ0n) is 10.5. The number of nitrogens with zero attached hydrogens (tertiary/aromatic N) is 3. The summed E-state index contributed by atoms with van der Waals surface area (Å²) >= 11 is 3.38. The fourth-order valence-electron chi connectivity index (χ4n) is 2.57. The van der Waals surface area contributed by atoms with E-state index in [4.69, 9.17) is 4.42 Å². The lowest BCUT2D eigenvalue weighted by Gasteiger charge is -2.23. The first kappa shape index (κ1) is 12.5. The number of aromatic nitrogens is 2. The van der Waals surface area contributed by atoms with Gasteiger partial charge in [-0.3, -0.25) is 9.48 Å². The van der Waals surface area contributed by atoms with Crippen LogP contribution >= 0.6 is 15.9 Å². The van der Waals surface area contributed by atoms with Crippen LogP contribution in [0.1, 0.15) is 35.1 Å². The highest BCUT2D eigenvalue weighted by molar-refractivity contribution is 9.10. The zero-order chi connectivity index (χ0) is 13.4. The summed E-state index contributed by atoms with van der Waals surface area (Å²) in [6, 6.07) is 3.81. The van der Waals surface area contributed by atoms with E-state index < -0.39 is 0 Å². The van der Waals surface area contributed by atoms with Crippen LogP contribution in [0, 0.1) is 0 Å². The smallest absolute Gasteiger partial charge is 0.273 e. The largest absolute Gasteiger partial charge is 0.467 e. The van der Waals surface area contributed by atoms with Crippen molar-refractivity contribution < 1.29 is 9.21 Å². The molecular weight excluding hydrogens is 310 g/mol. The molecule has 3 heterocycles. The molecule has 2 aromatic rings. The van der Waals surface area contributed by atoms with Gasteiger partial charge in [0.25, 0.3) is 5.91 Å². The minimum absolute atomic E-state index is 0.00854. The Labute approximate surface area is 119 Å². The first-order valence-corrected chi connectivity index (χ1v) is 6.99. The van der Waals surface area contributed by atoms with Gasteiger partial charge in [-0.15, -0.1) is 0 Å². The molecule has 0 saturated carbocycles. The monoisotopic (exact) mass is 323 g/mol. The van der Waals surface area contributed by atoms with E-state index >= 15 is 0 Å². The number of aryl methyl sites for hydroxylation is 1. The van der Waals surface area contributed by atoms with E-state index in [0.717, 1.165) is 29.6 Å². The van der Waals surface area contributed by atoms with Crippen LogP contribution in [0.3, 0.4) is 0 Å². The van der Waals surface area contributed by atoms with Gasteiger partial charge in [0.2, 0.25) is 0 Å². The van der Waals surface area contributed by atoms with Crippen molar-refractivity contribution in [3.05, 3.63) is 40.5 Å². The Morgan fingerprint density at radius 2 is 2.42 bits per heavy atom. The van der Waals surface area contributed by atoms with Crippen LogP contribution in [0.25, 0.3) is 0 Å². The molecule has 1 atom stereocenters. The number of carbonyl (C=O) groups excluding carboxylic acids is 1. The predicted octanol–water partition coefficient (Wildman–Crippen LogP) is 2.75. The summed E-state index contributed by atoms with van der Waals surface area (Å²) in [5, 5.41) is 4.10. The highest BCUT2D eigenvalue weighted by Crippen LogP contribution is 2.34. The molecule has 0 radical (unpaired) electrons. The molecule has 1 unspecified atom stereocenters. The van der Waals surface area contributed by atoms with E-state index in [1.165, 1.54) is 0 Å². The Morgan fingerprint density at radius 1 is 1.58 bits per heavy atom. The van der Waals surface area contributed by atoms with Gasteiger partial charge >= 0.3 is 0 Å². The van der Waals surface area contributed by atoms with E-state index in [1.807, 2.05) is 17.0 Å². The molecule has 19 heavy (non-hydrogen) atoms. The molecular formula is C13H14BrN3O2.